The van der Waals surface area contributed by atoms with Crippen LogP contribution in [0.25, 0.3) is 0 Å². The Morgan fingerprint density at radius 1 is 1.35 bits per heavy atom. The Morgan fingerprint density at radius 3 is 2.41 bits per heavy atom. The lowest BCUT2D eigenvalue weighted by molar-refractivity contribution is -0.152. The van der Waals surface area contributed by atoms with Crippen molar-refractivity contribution in [3.8, 4) is 0 Å². The third kappa shape index (κ3) is 2.92. The smallest absolute Gasteiger partial charge is 0.313 e. The number of rotatable bonds is 3. The molecule has 0 radical (unpaired) electrons. The third-order valence-corrected chi connectivity index (χ3v) is 3.53. The highest BCUT2D eigenvalue weighted by molar-refractivity contribution is 6.42. The number of benzene rings is 1. The zero-order valence-corrected chi connectivity index (χ0v) is 11.5. The van der Waals surface area contributed by atoms with E-state index in [9.17, 15) is 4.79 Å². The van der Waals surface area contributed by atoms with Gasteiger partial charge < -0.3 is 10.5 Å². The van der Waals surface area contributed by atoms with Crippen LogP contribution in [0.15, 0.2) is 18.2 Å². The van der Waals surface area contributed by atoms with Crippen molar-refractivity contribution in [1.29, 1.82) is 0 Å². The van der Waals surface area contributed by atoms with Gasteiger partial charge in [-0.1, -0.05) is 29.3 Å². The monoisotopic (exact) mass is 275 g/mol. The molecule has 0 aliphatic heterocycles. The van der Waals surface area contributed by atoms with Gasteiger partial charge in [-0.2, -0.15) is 0 Å². The standard InChI is InChI=1S/C12H15Cl2NO2/c1-12(2,11(16)17-3)10(15)7-4-5-8(13)9(14)6-7/h4-6,10H,15H2,1-3H3/t10-/m1/s1. The molecule has 2 N–H and O–H groups in total. The van der Waals surface area contributed by atoms with E-state index in [1.807, 2.05) is 0 Å². The molecule has 0 heterocycles. The fraction of sp³-hybridized carbons (Fsp3) is 0.417. The second-order valence-electron chi connectivity index (χ2n) is 4.36. The third-order valence-electron chi connectivity index (χ3n) is 2.79. The molecule has 0 amide bonds. The van der Waals surface area contributed by atoms with E-state index in [0.717, 1.165) is 5.56 Å². The highest BCUT2D eigenvalue weighted by Gasteiger charge is 2.36. The zero-order chi connectivity index (χ0) is 13.2. The number of halogens is 2. The minimum absolute atomic E-state index is 0.365. The van der Waals surface area contributed by atoms with Gasteiger partial charge in [0.1, 0.15) is 0 Å². The van der Waals surface area contributed by atoms with Crippen molar-refractivity contribution < 1.29 is 9.53 Å². The van der Waals surface area contributed by atoms with E-state index in [1.54, 1.807) is 32.0 Å². The normalized spacial score (nSPS) is 13.3. The van der Waals surface area contributed by atoms with E-state index < -0.39 is 11.5 Å². The summed E-state index contributed by atoms with van der Waals surface area (Å²) in [5, 5.41) is 0.874. The number of nitrogens with two attached hydrogens (primary N) is 1. The van der Waals surface area contributed by atoms with Gasteiger partial charge in [0.15, 0.2) is 0 Å². The summed E-state index contributed by atoms with van der Waals surface area (Å²) >= 11 is 11.7. The molecule has 1 atom stereocenters. The fourth-order valence-electron chi connectivity index (χ4n) is 1.51. The molecule has 0 bridgehead atoms. The molecule has 0 aliphatic carbocycles. The first-order valence-corrected chi connectivity index (χ1v) is 5.85. The molecule has 0 aromatic heterocycles. The molecule has 0 saturated carbocycles. The Hall–Kier alpha value is -0.770. The summed E-state index contributed by atoms with van der Waals surface area (Å²) in [4.78, 5) is 11.6. The highest BCUT2D eigenvalue weighted by Crippen LogP contribution is 2.34. The highest BCUT2D eigenvalue weighted by atomic mass is 35.5. The largest absolute Gasteiger partial charge is 0.469 e. The summed E-state index contributed by atoms with van der Waals surface area (Å²) < 4.78 is 4.73. The number of carbonyl (C=O) groups is 1. The van der Waals surface area contributed by atoms with Crippen LogP contribution in [0.3, 0.4) is 0 Å². The fourth-order valence-corrected chi connectivity index (χ4v) is 1.82. The maximum absolute atomic E-state index is 11.6. The van der Waals surface area contributed by atoms with E-state index >= 15 is 0 Å². The van der Waals surface area contributed by atoms with Crippen LogP contribution in [-0.2, 0) is 9.53 Å². The van der Waals surface area contributed by atoms with Crippen molar-refractivity contribution >= 4 is 29.2 Å². The zero-order valence-electron chi connectivity index (χ0n) is 9.96. The lowest BCUT2D eigenvalue weighted by Crippen LogP contribution is -2.37. The minimum Gasteiger partial charge on any atom is -0.469 e. The van der Waals surface area contributed by atoms with Gasteiger partial charge in [0, 0.05) is 6.04 Å². The topological polar surface area (TPSA) is 52.3 Å². The predicted molar refractivity (Wildman–Crippen MR) is 69.2 cm³/mol. The predicted octanol–water partition coefficient (Wildman–Crippen LogP) is 3.19. The van der Waals surface area contributed by atoms with Gasteiger partial charge in [-0.25, -0.2) is 0 Å². The number of methoxy groups -OCH3 is 1. The van der Waals surface area contributed by atoms with Crippen molar-refractivity contribution in [2.24, 2.45) is 11.1 Å². The summed E-state index contributed by atoms with van der Waals surface area (Å²) in [6.07, 6.45) is 0. The van der Waals surface area contributed by atoms with Crippen molar-refractivity contribution in [3.05, 3.63) is 33.8 Å². The maximum atomic E-state index is 11.6. The van der Waals surface area contributed by atoms with Crippen LogP contribution in [0.2, 0.25) is 10.0 Å². The minimum atomic E-state index is -0.827. The lowest BCUT2D eigenvalue weighted by atomic mass is 9.81. The van der Waals surface area contributed by atoms with Crippen molar-refractivity contribution in [3.63, 3.8) is 0 Å². The quantitative estimate of drug-likeness (QED) is 0.862. The molecule has 0 aliphatic rings. The Morgan fingerprint density at radius 2 is 1.94 bits per heavy atom. The first-order chi connectivity index (χ1) is 7.80. The average Bonchev–Trinajstić information content (AvgIpc) is 2.30. The number of esters is 1. The van der Waals surface area contributed by atoms with E-state index in [2.05, 4.69) is 0 Å². The summed E-state index contributed by atoms with van der Waals surface area (Å²) in [7, 11) is 1.34. The van der Waals surface area contributed by atoms with Crippen LogP contribution in [0.1, 0.15) is 25.5 Å². The Bertz CT molecular complexity index is 433. The molecule has 0 fully saturated rings. The summed E-state index contributed by atoms with van der Waals surface area (Å²) in [5.74, 6) is -0.365. The van der Waals surface area contributed by atoms with Crippen LogP contribution in [-0.4, -0.2) is 13.1 Å². The lowest BCUT2D eigenvalue weighted by Gasteiger charge is -2.29. The van der Waals surface area contributed by atoms with Gasteiger partial charge in [-0.05, 0) is 31.5 Å². The van der Waals surface area contributed by atoms with Gasteiger partial charge >= 0.3 is 5.97 Å². The van der Waals surface area contributed by atoms with Crippen molar-refractivity contribution in [1.82, 2.24) is 0 Å². The van der Waals surface area contributed by atoms with E-state index in [4.69, 9.17) is 33.7 Å². The van der Waals surface area contributed by atoms with E-state index in [0.29, 0.717) is 10.0 Å². The van der Waals surface area contributed by atoms with Crippen molar-refractivity contribution in [2.75, 3.05) is 7.11 Å². The number of hydrogen-bond acceptors (Lipinski definition) is 3. The van der Waals surface area contributed by atoms with Gasteiger partial charge in [-0.15, -0.1) is 0 Å². The molecule has 94 valence electrons. The number of hydrogen-bond donors (Lipinski definition) is 1. The van der Waals surface area contributed by atoms with Gasteiger partial charge in [0.25, 0.3) is 0 Å². The van der Waals surface area contributed by atoms with Crippen LogP contribution < -0.4 is 5.73 Å². The molecular weight excluding hydrogens is 261 g/mol. The second-order valence-corrected chi connectivity index (χ2v) is 5.18. The van der Waals surface area contributed by atoms with Gasteiger partial charge in [0.2, 0.25) is 0 Å². The second kappa shape index (κ2) is 5.25. The molecule has 1 aromatic rings. The maximum Gasteiger partial charge on any atom is 0.313 e. The first kappa shape index (κ1) is 14.3. The SMILES string of the molecule is COC(=O)C(C)(C)[C@H](N)c1ccc(Cl)c(Cl)c1. The molecule has 17 heavy (non-hydrogen) atoms. The average molecular weight is 276 g/mol. The summed E-state index contributed by atoms with van der Waals surface area (Å²) in [6.45, 7) is 3.46. The van der Waals surface area contributed by atoms with Crippen molar-refractivity contribution in [2.45, 2.75) is 19.9 Å². The van der Waals surface area contributed by atoms with E-state index in [1.165, 1.54) is 7.11 Å². The molecule has 1 aromatic carbocycles. The molecule has 5 heteroatoms. The van der Waals surface area contributed by atoms with Crippen LogP contribution in [0.4, 0.5) is 0 Å². The molecular formula is C12H15Cl2NO2. The Kier molecular flexibility index (Phi) is 4.42. The molecule has 0 unspecified atom stereocenters. The number of ether oxygens (including phenoxy) is 1. The van der Waals surface area contributed by atoms with Gasteiger partial charge in [-0.3, -0.25) is 4.79 Å². The van der Waals surface area contributed by atoms with Crippen LogP contribution in [0.5, 0.6) is 0 Å². The molecule has 0 spiro atoms. The Labute approximate surface area is 111 Å². The summed E-state index contributed by atoms with van der Waals surface area (Å²) in [6, 6.07) is 4.57. The molecule has 3 nitrogen and oxygen atoms in total. The molecule has 1 rings (SSSR count). The van der Waals surface area contributed by atoms with Gasteiger partial charge in [0.05, 0.1) is 22.6 Å². The first-order valence-electron chi connectivity index (χ1n) is 5.09. The Balaban J connectivity index is 3.07. The van der Waals surface area contributed by atoms with Crippen LogP contribution >= 0.6 is 23.2 Å². The molecule has 0 saturated heterocycles. The van der Waals surface area contributed by atoms with Crippen LogP contribution in [0, 0.1) is 5.41 Å². The number of carbonyl (C=O) groups excluding carboxylic acids is 1. The summed E-state index contributed by atoms with van der Waals surface area (Å²) in [5.41, 5.74) is 5.98. The van der Waals surface area contributed by atoms with E-state index in [-0.39, 0.29) is 5.97 Å².